The lowest BCUT2D eigenvalue weighted by molar-refractivity contribution is 0.0986. The predicted octanol–water partition coefficient (Wildman–Crippen LogP) is 3.97. The molecule has 0 N–H and O–H groups in total. The van der Waals surface area contributed by atoms with Gasteiger partial charge in [0.05, 0.1) is 10.2 Å². The second-order valence-electron chi connectivity index (χ2n) is 7.44. The lowest BCUT2D eigenvalue weighted by Gasteiger charge is -2.21. The van der Waals surface area contributed by atoms with E-state index in [1.165, 1.54) is 11.3 Å². The van der Waals surface area contributed by atoms with E-state index in [9.17, 15) is 4.79 Å². The van der Waals surface area contributed by atoms with E-state index in [2.05, 4.69) is 4.90 Å². The van der Waals surface area contributed by atoms with Crippen LogP contribution in [0.1, 0.15) is 22.3 Å². The fraction of sp³-hybridized carbons (Fsp3) is 0.364. The van der Waals surface area contributed by atoms with Crippen LogP contribution in [0.4, 0.5) is 5.13 Å². The van der Waals surface area contributed by atoms with Crippen LogP contribution in [-0.4, -0.2) is 56.2 Å². The Morgan fingerprint density at radius 1 is 1.10 bits per heavy atom. The van der Waals surface area contributed by atoms with E-state index >= 15 is 0 Å². The van der Waals surface area contributed by atoms with Gasteiger partial charge in [-0.2, -0.15) is 0 Å². The van der Waals surface area contributed by atoms with Crippen molar-refractivity contribution in [2.45, 2.75) is 13.3 Å². The minimum atomic E-state index is -0.0243. The highest BCUT2D eigenvalue weighted by Crippen LogP contribution is 2.39. The molecule has 0 bridgehead atoms. The molecular formula is C22H25N3O3S. The third kappa shape index (κ3) is 4.36. The summed E-state index contributed by atoms with van der Waals surface area (Å²) in [5.74, 6) is 1.43. The summed E-state index contributed by atoms with van der Waals surface area (Å²) in [5, 5.41) is 0.701. The first kappa shape index (κ1) is 19.7. The van der Waals surface area contributed by atoms with Gasteiger partial charge in [0.25, 0.3) is 5.91 Å². The highest BCUT2D eigenvalue weighted by atomic mass is 32.1. The van der Waals surface area contributed by atoms with E-state index in [4.69, 9.17) is 14.5 Å². The lowest BCUT2D eigenvalue weighted by Crippen LogP contribution is -2.33. The summed E-state index contributed by atoms with van der Waals surface area (Å²) in [6.45, 7) is 4.59. The van der Waals surface area contributed by atoms with Crippen molar-refractivity contribution in [1.82, 2.24) is 9.88 Å². The first-order valence-electron chi connectivity index (χ1n) is 9.75. The summed E-state index contributed by atoms with van der Waals surface area (Å²) >= 11 is 1.51. The summed E-state index contributed by atoms with van der Waals surface area (Å²) in [6, 6.07) is 11.6. The molecule has 0 saturated heterocycles. The highest BCUT2D eigenvalue weighted by molar-refractivity contribution is 7.22. The van der Waals surface area contributed by atoms with Crippen molar-refractivity contribution in [1.29, 1.82) is 0 Å². The number of hydrogen-bond acceptors (Lipinski definition) is 6. The number of ether oxygens (including phenoxy) is 2. The van der Waals surface area contributed by atoms with Crippen LogP contribution in [0.5, 0.6) is 11.5 Å². The van der Waals surface area contributed by atoms with Crippen LogP contribution in [0.25, 0.3) is 10.2 Å². The molecule has 2 aromatic carbocycles. The average Bonchev–Trinajstić information content (AvgIpc) is 3.11. The minimum Gasteiger partial charge on any atom is -0.486 e. The van der Waals surface area contributed by atoms with Gasteiger partial charge in [-0.1, -0.05) is 29.0 Å². The Morgan fingerprint density at radius 2 is 1.86 bits per heavy atom. The molecular weight excluding hydrogens is 386 g/mol. The summed E-state index contributed by atoms with van der Waals surface area (Å²) in [6.07, 6.45) is 0.864. The zero-order valence-corrected chi connectivity index (χ0v) is 17.8. The number of nitrogens with zero attached hydrogens (tertiary/aromatic N) is 3. The van der Waals surface area contributed by atoms with Crippen LogP contribution in [0.2, 0.25) is 0 Å². The number of benzene rings is 2. The molecule has 152 valence electrons. The average molecular weight is 412 g/mol. The number of amides is 1. The molecule has 0 radical (unpaired) electrons. The Labute approximate surface area is 174 Å². The number of carbonyl (C=O) groups excluding carboxylic acids is 1. The summed E-state index contributed by atoms with van der Waals surface area (Å²) in [5.41, 5.74) is 2.57. The van der Waals surface area contributed by atoms with Crippen molar-refractivity contribution < 1.29 is 14.3 Å². The molecule has 4 rings (SSSR count). The first-order valence-corrected chi connectivity index (χ1v) is 10.6. The van der Waals surface area contributed by atoms with E-state index in [-0.39, 0.29) is 5.91 Å². The molecule has 6 nitrogen and oxygen atoms in total. The van der Waals surface area contributed by atoms with Crippen molar-refractivity contribution in [3.05, 3.63) is 47.5 Å². The Bertz CT molecular complexity index is 988. The van der Waals surface area contributed by atoms with Gasteiger partial charge in [0.15, 0.2) is 16.6 Å². The number of thiazole rings is 1. The fourth-order valence-electron chi connectivity index (χ4n) is 3.33. The second kappa shape index (κ2) is 8.39. The highest BCUT2D eigenvalue weighted by Gasteiger charge is 2.23. The maximum atomic E-state index is 13.3. The Hall–Kier alpha value is -2.64. The smallest absolute Gasteiger partial charge is 0.260 e. The molecule has 0 spiro atoms. The Balaban J connectivity index is 1.68. The third-order valence-electron chi connectivity index (χ3n) is 4.77. The maximum Gasteiger partial charge on any atom is 0.260 e. The molecule has 3 aromatic rings. The minimum absolute atomic E-state index is 0.0243. The van der Waals surface area contributed by atoms with Gasteiger partial charge in [-0.05, 0) is 46.1 Å². The maximum absolute atomic E-state index is 13.3. The normalized spacial score (nSPS) is 13.1. The van der Waals surface area contributed by atoms with Gasteiger partial charge in [0.1, 0.15) is 13.2 Å². The van der Waals surface area contributed by atoms with Gasteiger partial charge in [0, 0.05) is 24.2 Å². The SMILES string of the molecule is Cc1cccc(C(=O)N(CCCN(C)C)c2nc3cc4c(cc3s2)OCCO4)c1. The predicted molar refractivity (Wildman–Crippen MR) is 117 cm³/mol. The quantitative estimate of drug-likeness (QED) is 0.614. The van der Waals surface area contributed by atoms with Gasteiger partial charge in [-0.3, -0.25) is 9.69 Å². The monoisotopic (exact) mass is 411 g/mol. The Morgan fingerprint density at radius 3 is 2.59 bits per heavy atom. The number of carbonyl (C=O) groups is 1. The standard InChI is InChI=1S/C22H25N3O3S/c1-15-6-4-7-16(12-15)21(26)25(9-5-8-24(2)3)22-23-17-13-18-19(14-20(17)29-22)28-11-10-27-18/h4,6-7,12-14H,5,8-11H2,1-3H3. The zero-order valence-electron chi connectivity index (χ0n) is 17.0. The number of aryl methyl sites for hydroxylation is 1. The van der Waals surface area contributed by atoms with E-state index in [0.717, 1.165) is 34.5 Å². The van der Waals surface area contributed by atoms with Crippen LogP contribution in [0.3, 0.4) is 0 Å². The van der Waals surface area contributed by atoms with Crippen LogP contribution in [0, 0.1) is 6.92 Å². The van der Waals surface area contributed by atoms with E-state index in [1.807, 2.05) is 57.4 Å². The molecule has 0 atom stereocenters. The van der Waals surface area contributed by atoms with Gasteiger partial charge >= 0.3 is 0 Å². The molecule has 0 aliphatic carbocycles. The third-order valence-corrected chi connectivity index (χ3v) is 5.81. The van der Waals surface area contributed by atoms with Gasteiger partial charge in [-0.15, -0.1) is 0 Å². The molecule has 0 fully saturated rings. The molecule has 7 heteroatoms. The number of hydrogen-bond donors (Lipinski definition) is 0. The van der Waals surface area contributed by atoms with Crippen LogP contribution in [-0.2, 0) is 0 Å². The van der Waals surface area contributed by atoms with Crippen molar-refractivity contribution in [3.63, 3.8) is 0 Å². The molecule has 0 saturated carbocycles. The number of fused-ring (bicyclic) bond motifs is 2. The zero-order chi connectivity index (χ0) is 20.4. The molecule has 1 aliphatic rings. The number of aromatic nitrogens is 1. The molecule has 0 unspecified atom stereocenters. The van der Waals surface area contributed by atoms with Crippen LogP contribution >= 0.6 is 11.3 Å². The molecule has 1 aromatic heterocycles. The number of anilines is 1. The second-order valence-corrected chi connectivity index (χ2v) is 8.45. The van der Waals surface area contributed by atoms with Crippen molar-refractivity contribution in [3.8, 4) is 11.5 Å². The van der Waals surface area contributed by atoms with Crippen molar-refractivity contribution >= 4 is 32.6 Å². The van der Waals surface area contributed by atoms with Gasteiger partial charge in [-0.25, -0.2) is 4.98 Å². The largest absolute Gasteiger partial charge is 0.486 e. The van der Waals surface area contributed by atoms with Crippen LogP contribution in [0.15, 0.2) is 36.4 Å². The Kier molecular flexibility index (Phi) is 5.69. The van der Waals surface area contributed by atoms with Gasteiger partial charge < -0.3 is 14.4 Å². The van der Waals surface area contributed by atoms with Crippen molar-refractivity contribution in [2.24, 2.45) is 0 Å². The van der Waals surface area contributed by atoms with E-state index < -0.39 is 0 Å². The molecule has 29 heavy (non-hydrogen) atoms. The number of rotatable bonds is 6. The fourth-order valence-corrected chi connectivity index (χ4v) is 4.33. The molecule has 1 aliphatic heterocycles. The van der Waals surface area contributed by atoms with Crippen molar-refractivity contribution in [2.75, 3.05) is 45.3 Å². The van der Waals surface area contributed by atoms with E-state index in [1.54, 1.807) is 4.90 Å². The lowest BCUT2D eigenvalue weighted by atomic mass is 10.1. The first-order chi connectivity index (χ1) is 14.0. The van der Waals surface area contributed by atoms with E-state index in [0.29, 0.717) is 36.2 Å². The topological polar surface area (TPSA) is 54.9 Å². The van der Waals surface area contributed by atoms with Gasteiger partial charge in [0.2, 0.25) is 0 Å². The summed E-state index contributed by atoms with van der Waals surface area (Å²) in [4.78, 5) is 22.0. The summed E-state index contributed by atoms with van der Waals surface area (Å²) in [7, 11) is 4.07. The summed E-state index contributed by atoms with van der Waals surface area (Å²) < 4.78 is 12.4. The molecule has 2 heterocycles. The van der Waals surface area contributed by atoms with Crippen LogP contribution < -0.4 is 14.4 Å². The molecule has 1 amide bonds.